The van der Waals surface area contributed by atoms with Crippen LogP contribution in [0.25, 0.3) is 0 Å². The van der Waals surface area contributed by atoms with E-state index in [0.29, 0.717) is 29.6 Å². The van der Waals surface area contributed by atoms with Crippen molar-refractivity contribution in [2.45, 2.75) is 24.9 Å². The van der Waals surface area contributed by atoms with Crippen molar-refractivity contribution < 1.29 is 19.4 Å². The van der Waals surface area contributed by atoms with Crippen LogP contribution in [0.1, 0.15) is 23.5 Å². The summed E-state index contributed by atoms with van der Waals surface area (Å²) in [4.78, 5) is 14.1. The van der Waals surface area contributed by atoms with Gasteiger partial charge in [0.1, 0.15) is 12.6 Å². The average Bonchev–Trinajstić information content (AvgIpc) is 3.11. The molecule has 1 aliphatic heterocycles. The molecule has 2 atom stereocenters. The van der Waals surface area contributed by atoms with E-state index in [-0.39, 0.29) is 12.5 Å². The van der Waals surface area contributed by atoms with E-state index in [1.165, 1.54) is 0 Å². The number of carboxylic acid groups (broad SMARTS) is 1. The highest BCUT2D eigenvalue weighted by molar-refractivity contribution is 6.30. The number of carbonyl (C=O) groups is 1. The number of nitrogens with zero attached hydrogens (tertiary/aromatic N) is 1. The zero-order chi connectivity index (χ0) is 20.1. The fourth-order valence-corrected chi connectivity index (χ4v) is 3.82. The molecule has 1 heterocycles. The van der Waals surface area contributed by atoms with E-state index in [4.69, 9.17) is 27.5 Å². The molecule has 0 spiro atoms. The van der Waals surface area contributed by atoms with Crippen LogP contribution in [0.5, 0.6) is 11.5 Å². The molecule has 2 aromatic rings. The van der Waals surface area contributed by atoms with E-state index >= 15 is 0 Å². The normalized spacial score (nSPS) is 19.2. The smallest absolute Gasteiger partial charge is 0.321 e. The number of halogens is 1. The summed E-state index contributed by atoms with van der Waals surface area (Å²) >= 11 is 5.94. The second-order valence-electron chi connectivity index (χ2n) is 6.68. The number of likely N-dealkylation sites (tertiary alicyclic amines) is 1. The van der Waals surface area contributed by atoms with Gasteiger partial charge in [-0.2, -0.15) is 0 Å². The Hall–Kier alpha value is -2.68. The second-order valence-corrected chi connectivity index (χ2v) is 7.11. The van der Waals surface area contributed by atoms with Crippen molar-refractivity contribution in [3.8, 4) is 23.8 Å². The lowest BCUT2D eigenvalue weighted by Crippen LogP contribution is -2.38. The number of hydrogen-bond donors (Lipinski definition) is 1. The van der Waals surface area contributed by atoms with Crippen molar-refractivity contribution >= 4 is 17.6 Å². The van der Waals surface area contributed by atoms with Crippen LogP contribution in [0.4, 0.5) is 0 Å². The Morgan fingerprint density at radius 2 is 2.04 bits per heavy atom. The lowest BCUT2D eigenvalue weighted by atomic mass is 9.91. The molecular weight excluding hydrogens is 378 g/mol. The van der Waals surface area contributed by atoms with Crippen molar-refractivity contribution in [3.63, 3.8) is 0 Å². The van der Waals surface area contributed by atoms with Gasteiger partial charge in [-0.3, -0.25) is 9.69 Å². The molecule has 0 amide bonds. The highest BCUT2D eigenvalue weighted by Crippen LogP contribution is 2.38. The molecule has 1 aliphatic rings. The Bertz CT molecular complexity index is 875. The minimum absolute atomic E-state index is 0.121. The molecule has 0 saturated carbocycles. The summed E-state index contributed by atoms with van der Waals surface area (Å²) in [5.74, 6) is 2.55. The third kappa shape index (κ3) is 4.41. The van der Waals surface area contributed by atoms with Crippen LogP contribution in [0.3, 0.4) is 0 Å². The first-order valence-electron chi connectivity index (χ1n) is 8.99. The van der Waals surface area contributed by atoms with Crippen LogP contribution in [0.15, 0.2) is 42.5 Å². The van der Waals surface area contributed by atoms with Gasteiger partial charge in [0, 0.05) is 24.0 Å². The van der Waals surface area contributed by atoms with Gasteiger partial charge < -0.3 is 14.6 Å². The maximum absolute atomic E-state index is 12.1. The number of rotatable bonds is 7. The van der Waals surface area contributed by atoms with Crippen LogP contribution in [0, 0.1) is 12.3 Å². The third-order valence-electron chi connectivity index (χ3n) is 4.98. The Balaban J connectivity index is 1.84. The number of carboxylic acids is 1. The Labute approximate surface area is 169 Å². The number of terminal acetylenes is 1. The Kier molecular flexibility index (Phi) is 6.45. The minimum Gasteiger partial charge on any atom is -0.493 e. The highest BCUT2D eigenvalue weighted by Gasteiger charge is 2.40. The first kappa shape index (κ1) is 20.1. The van der Waals surface area contributed by atoms with E-state index < -0.39 is 12.0 Å². The molecule has 1 N–H and O–H groups in total. The molecular formula is C22H22ClNO4. The quantitative estimate of drug-likeness (QED) is 0.717. The van der Waals surface area contributed by atoms with Gasteiger partial charge >= 0.3 is 5.97 Å². The second kappa shape index (κ2) is 9.01. The number of hydrogen-bond acceptors (Lipinski definition) is 4. The molecule has 0 aliphatic carbocycles. The number of aliphatic carboxylic acids is 1. The van der Waals surface area contributed by atoms with E-state index in [2.05, 4.69) is 5.92 Å². The van der Waals surface area contributed by atoms with Gasteiger partial charge in [0.25, 0.3) is 0 Å². The molecule has 28 heavy (non-hydrogen) atoms. The predicted octanol–water partition coefficient (Wildman–Crippen LogP) is 3.80. The minimum atomic E-state index is -0.835. The van der Waals surface area contributed by atoms with Gasteiger partial charge in [-0.15, -0.1) is 6.42 Å². The fraction of sp³-hybridized carbons (Fsp3) is 0.318. The van der Waals surface area contributed by atoms with Gasteiger partial charge in [-0.1, -0.05) is 35.7 Å². The molecule has 5 nitrogen and oxygen atoms in total. The predicted molar refractivity (Wildman–Crippen MR) is 108 cm³/mol. The zero-order valence-corrected chi connectivity index (χ0v) is 16.4. The molecule has 2 aromatic carbocycles. The largest absolute Gasteiger partial charge is 0.493 e. The summed E-state index contributed by atoms with van der Waals surface area (Å²) in [5, 5.41) is 10.6. The monoisotopic (exact) mass is 399 g/mol. The van der Waals surface area contributed by atoms with Crippen LogP contribution in [-0.4, -0.2) is 42.3 Å². The van der Waals surface area contributed by atoms with Crippen molar-refractivity contribution in [1.82, 2.24) is 4.90 Å². The molecule has 3 rings (SSSR count). The molecule has 0 bridgehead atoms. The molecule has 0 aromatic heterocycles. The maximum atomic E-state index is 12.1. The van der Waals surface area contributed by atoms with Crippen LogP contribution in [0.2, 0.25) is 5.02 Å². The summed E-state index contributed by atoms with van der Waals surface area (Å²) in [6, 6.07) is 12.4. The van der Waals surface area contributed by atoms with Crippen molar-refractivity contribution in [2.75, 3.05) is 20.3 Å². The first-order chi connectivity index (χ1) is 13.5. The van der Waals surface area contributed by atoms with Crippen molar-refractivity contribution in [1.29, 1.82) is 0 Å². The first-order valence-corrected chi connectivity index (χ1v) is 9.36. The molecule has 1 saturated heterocycles. The van der Waals surface area contributed by atoms with E-state index in [1.54, 1.807) is 13.2 Å². The van der Waals surface area contributed by atoms with Crippen molar-refractivity contribution in [3.05, 3.63) is 58.6 Å². The fourth-order valence-electron chi connectivity index (χ4n) is 3.69. The van der Waals surface area contributed by atoms with E-state index in [1.807, 2.05) is 41.3 Å². The van der Waals surface area contributed by atoms with Crippen LogP contribution in [-0.2, 0) is 11.3 Å². The van der Waals surface area contributed by atoms with Gasteiger partial charge in [0.15, 0.2) is 11.5 Å². The summed E-state index contributed by atoms with van der Waals surface area (Å²) in [7, 11) is 1.56. The van der Waals surface area contributed by atoms with Crippen LogP contribution < -0.4 is 9.47 Å². The molecule has 0 radical (unpaired) electrons. The van der Waals surface area contributed by atoms with Gasteiger partial charge in [0.2, 0.25) is 0 Å². The van der Waals surface area contributed by atoms with Crippen molar-refractivity contribution in [2.24, 2.45) is 0 Å². The molecule has 146 valence electrons. The standard InChI is InChI=1S/C22H22ClNO4/c1-3-12-28-20-13-16(6-9-19(20)27-2)18-10-11-24(21(18)22(25)26)14-15-4-7-17(23)8-5-15/h1,4-9,13,18,21H,10-12,14H2,2H3,(H,25,26)/t18?,21-/m0/s1. The summed E-state index contributed by atoms with van der Waals surface area (Å²) in [6.07, 6.45) is 6.02. The van der Waals surface area contributed by atoms with Crippen LogP contribution >= 0.6 is 11.6 Å². The number of methoxy groups -OCH3 is 1. The molecule has 1 unspecified atom stereocenters. The third-order valence-corrected chi connectivity index (χ3v) is 5.23. The lowest BCUT2D eigenvalue weighted by Gasteiger charge is -2.25. The number of benzene rings is 2. The van der Waals surface area contributed by atoms with Gasteiger partial charge in [0.05, 0.1) is 7.11 Å². The Morgan fingerprint density at radius 3 is 2.68 bits per heavy atom. The van der Waals surface area contributed by atoms with Gasteiger partial charge in [-0.25, -0.2) is 0 Å². The summed E-state index contributed by atoms with van der Waals surface area (Å²) < 4.78 is 10.9. The molecule has 6 heteroatoms. The zero-order valence-electron chi connectivity index (χ0n) is 15.6. The average molecular weight is 400 g/mol. The van der Waals surface area contributed by atoms with E-state index in [0.717, 1.165) is 17.5 Å². The van der Waals surface area contributed by atoms with E-state index in [9.17, 15) is 9.90 Å². The SMILES string of the molecule is C#CCOc1cc(C2CCN(Cc3ccc(Cl)cc3)[C@@H]2C(=O)O)ccc1OC. The summed E-state index contributed by atoms with van der Waals surface area (Å²) in [5.41, 5.74) is 1.93. The lowest BCUT2D eigenvalue weighted by molar-refractivity contribution is -0.142. The van der Waals surface area contributed by atoms with Gasteiger partial charge in [-0.05, 0) is 41.8 Å². The molecule has 1 fully saturated rings. The number of ether oxygens (including phenoxy) is 2. The Morgan fingerprint density at radius 1 is 1.29 bits per heavy atom. The highest BCUT2D eigenvalue weighted by atomic mass is 35.5. The topological polar surface area (TPSA) is 59.0 Å². The summed E-state index contributed by atoms with van der Waals surface area (Å²) in [6.45, 7) is 1.37. The maximum Gasteiger partial charge on any atom is 0.321 e.